The van der Waals surface area contributed by atoms with Gasteiger partial charge in [0.1, 0.15) is 11.5 Å². The number of benzene rings is 1. The van der Waals surface area contributed by atoms with E-state index in [0.717, 1.165) is 30.4 Å². The summed E-state index contributed by atoms with van der Waals surface area (Å²) in [6, 6.07) is 1.76. The summed E-state index contributed by atoms with van der Waals surface area (Å²) >= 11 is 0. The van der Waals surface area contributed by atoms with Gasteiger partial charge in [-0.05, 0) is 62.6 Å². The molecule has 4 N–H and O–H groups in total. The second-order valence-electron chi connectivity index (χ2n) is 6.30. The van der Waals surface area contributed by atoms with Crippen molar-refractivity contribution >= 4 is 12.2 Å². The van der Waals surface area contributed by atoms with Crippen LogP contribution in [0, 0.1) is 6.92 Å². The summed E-state index contributed by atoms with van der Waals surface area (Å²) in [5.74, 6) is 0.569. The normalized spacial score (nSPS) is 10.1. The van der Waals surface area contributed by atoms with Gasteiger partial charge in [0.15, 0.2) is 0 Å². The summed E-state index contributed by atoms with van der Waals surface area (Å²) in [5, 5.41) is 0. The molecule has 1 rings (SSSR count). The molecule has 0 saturated carbocycles. The quantitative estimate of drug-likeness (QED) is 0.357. The molecule has 8 nitrogen and oxygen atoms in total. The Kier molecular flexibility index (Phi) is 10.8. The molecule has 0 atom stereocenters. The number of carbonyl (C=O) groups is 2. The monoisotopic (exact) mass is 406 g/mol. The molecule has 160 valence electrons. The van der Waals surface area contributed by atoms with E-state index in [1.54, 1.807) is 6.07 Å². The average molecular weight is 406 g/mol. The van der Waals surface area contributed by atoms with Crippen LogP contribution in [0.15, 0.2) is 31.7 Å². The van der Waals surface area contributed by atoms with Crippen molar-refractivity contribution < 1.29 is 28.5 Å². The fourth-order valence-corrected chi connectivity index (χ4v) is 2.93. The molecule has 8 heteroatoms. The third-order valence-electron chi connectivity index (χ3n) is 4.25. The minimum atomic E-state index is -0.944. The number of primary amides is 2. The topological polar surface area (TPSA) is 123 Å². The van der Waals surface area contributed by atoms with Crippen LogP contribution in [0.5, 0.6) is 11.5 Å². The first-order chi connectivity index (χ1) is 13.9. The van der Waals surface area contributed by atoms with Crippen LogP contribution in [-0.4, -0.2) is 25.4 Å². The molecule has 0 aliphatic rings. The summed E-state index contributed by atoms with van der Waals surface area (Å²) in [7, 11) is 0. The van der Waals surface area contributed by atoms with E-state index in [9.17, 15) is 9.59 Å². The van der Waals surface area contributed by atoms with Crippen molar-refractivity contribution in [2.75, 3.05) is 13.2 Å². The second-order valence-corrected chi connectivity index (χ2v) is 6.30. The lowest BCUT2D eigenvalue weighted by Crippen LogP contribution is -2.21. The van der Waals surface area contributed by atoms with Crippen molar-refractivity contribution in [1.29, 1.82) is 0 Å². The molecule has 0 fully saturated rings. The van der Waals surface area contributed by atoms with E-state index in [2.05, 4.69) is 13.2 Å². The number of amides is 2. The minimum Gasteiger partial charge on any atom is -0.502 e. The molecule has 0 radical (unpaired) electrons. The Morgan fingerprint density at radius 1 is 0.931 bits per heavy atom. The molecule has 1 aromatic rings. The molecule has 29 heavy (non-hydrogen) atoms. The Balaban J connectivity index is 3.14. The molecular formula is C21H30N2O6. The molecule has 0 spiro atoms. The number of hydrogen-bond donors (Lipinski definition) is 2. The Labute approximate surface area is 171 Å². The van der Waals surface area contributed by atoms with Crippen LogP contribution >= 0.6 is 0 Å². The molecular weight excluding hydrogens is 376 g/mol. The molecule has 0 aromatic heterocycles. The maximum Gasteiger partial charge on any atom is 0.409 e. The van der Waals surface area contributed by atoms with Gasteiger partial charge in [-0.2, -0.15) is 0 Å². The summed E-state index contributed by atoms with van der Waals surface area (Å²) < 4.78 is 20.7. The standard InChI is InChI=1S/C21H30N2O6/c1-4-26-12-8-6-10-16-14-18(28-20(22)24)17(11-7-9-13-27-5-2)19(15(16)3)29-21(23)25/h4-5,14H,1-2,6-13H2,3H3,(H2,22,24)(H2,23,25). The van der Waals surface area contributed by atoms with Crippen molar-refractivity contribution in [2.45, 2.75) is 45.4 Å². The highest BCUT2D eigenvalue weighted by atomic mass is 16.6. The predicted molar refractivity (Wildman–Crippen MR) is 110 cm³/mol. The summed E-state index contributed by atoms with van der Waals surface area (Å²) in [6.45, 7) is 9.90. The first-order valence-electron chi connectivity index (χ1n) is 9.45. The maximum absolute atomic E-state index is 11.5. The van der Waals surface area contributed by atoms with Gasteiger partial charge in [-0.15, -0.1) is 0 Å². The van der Waals surface area contributed by atoms with Gasteiger partial charge in [0, 0.05) is 5.56 Å². The number of unbranched alkanes of at least 4 members (excludes halogenated alkanes) is 2. The second kappa shape index (κ2) is 13.1. The number of ether oxygens (including phenoxy) is 4. The van der Waals surface area contributed by atoms with Gasteiger partial charge < -0.3 is 30.4 Å². The lowest BCUT2D eigenvalue weighted by molar-refractivity contribution is 0.207. The number of carbonyl (C=O) groups excluding carboxylic acids is 2. The summed E-state index contributed by atoms with van der Waals surface area (Å²) in [6.07, 6.45) is 5.13. The maximum atomic E-state index is 11.5. The molecule has 0 bridgehead atoms. The van der Waals surface area contributed by atoms with Gasteiger partial charge in [0.05, 0.1) is 25.7 Å². The van der Waals surface area contributed by atoms with Gasteiger partial charge in [0.2, 0.25) is 0 Å². The van der Waals surface area contributed by atoms with Crippen LogP contribution in [0.25, 0.3) is 0 Å². The van der Waals surface area contributed by atoms with Crippen LogP contribution < -0.4 is 20.9 Å². The van der Waals surface area contributed by atoms with Crippen molar-refractivity contribution in [2.24, 2.45) is 11.5 Å². The van der Waals surface area contributed by atoms with E-state index in [-0.39, 0.29) is 5.75 Å². The number of rotatable bonds is 14. The third kappa shape index (κ3) is 8.59. The van der Waals surface area contributed by atoms with Gasteiger partial charge in [-0.25, -0.2) is 9.59 Å². The SMILES string of the molecule is C=COCCCCc1cc(OC(N)=O)c(CCCCOC=C)c(OC(N)=O)c1C. The fourth-order valence-electron chi connectivity index (χ4n) is 2.93. The van der Waals surface area contributed by atoms with E-state index in [1.807, 2.05) is 6.92 Å². The van der Waals surface area contributed by atoms with Crippen LogP contribution in [0.3, 0.4) is 0 Å². The molecule has 0 aliphatic heterocycles. The predicted octanol–water partition coefficient (Wildman–Crippen LogP) is 3.88. The van der Waals surface area contributed by atoms with Gasteiger partial charge in [0.25, 0.3) is 0 Å². The zero-order chi connectivity index (χ0) is 21.6. The van der Waals surface area contributed by atoms with Crippen LogP contribution in [0.1, 0.15) is 42.4 Å². The zero-order valence-electron chi connectivity index (χ0n) is 16.9. The number of nitrogens with two attached hydrogens (primary N) is 2. The third-order valence-corrected chi connectivity index (χ3v) is 4.25. The van der Waals surface area contributed by atoms with E-state index in [4.69, 9.17) is 30.4 Å². The van der Waals surface area contributed by atoms with Crippen LogP contribution in [-0.2, 0) is 22.3 Å². The Bertz CT molecular complexity index is 718. The number of aryl methyl sites for hydroxylation is 1. The Morgan fingerprint density at radius 3 is 2.00 bits per heavy atom. The van der Waals surface area contributed by atoms with Crippen LogP contribution in [0.4, 0.5) is 9.59 Å². The summed E-state index contributed by atoms with van der Waals surface area (Å²) in [4.78, 5) is 22.9. The smallest absolute Gasteiger partial charge is 0.409 e. The highest BCUT2D eigenvalue weighted by Crippen LogP contribution is 2.37. The fraction of sp³-hybridized carbons (Fsp3) is 0.429. The molecule has 2 amide bonds. The Morgan fingerprint density at radius 2 is 1.48 bits per heavy atom. The van der Waals surface area contributed by atoms with E-state index in [1.165, 1.54) is 12.5 Å². The molecule has 0 unspecified atom stereocenters. The van der Waals surface area contributed by atoms with E-state index in [0.29, 0.717) is 43.8 Å². The summed E-state index contributed by atoms with van der Waals surface area (Å²) in [5.41, 5.74) is 12.7. The highest BCUT2D eigenvalue weighted by molar-refractivity contribution is 5.73. The van der Waals surface area contributed by atoms with E-state index >= 15 is 0 Å². The highest BCUT2D eigenvalue weighted by Gasteiger charge is 2.20. The van der Waals surface area contributed by atoms with Gasteiger partial charge in [-0.3, -0.25) is 0 Å². The Hall–Kier alpha value is -3.16. The van der Waals surface area contributed by atoms with Crippen molar-refractivity contribution in [3.05, 3.63) is 48.4 Å². The largest absolute Gasteiger partial charge is 0.502 e. The van der Waals surface area contributed by atoms with Crippen molar-refractivity contribution in [1.82, 2.24) is 0 Å². The average Bonchev–Trinajstić information content (AvgIpc) is 2.65. The first-order valence-corrected chi connectivity index (χ1v) is 9.45. The molecule has 0 heterocycles. The van der Waals surface area contributed by atoms with Crippen molar-refractivity contribution in [3.63, 3.8) is 0 Å². The lowest BCUT2D eigenvalue weighted by Gasteiger charge is -2.19. The van der Waals surface area contributed by atoms with Crippen molar-refractivity contribution in [3.8, 4) is 11.5 Å². The van der Waals surface area contributed by atoms with E-state index < -0.39 is 12.2 Å². The van der Waals surface area contributed by atoms with Gasteiger partial charge >= 0.3 is 12.2 Å². The lowest BCUT2D eigenvalue weighted by atomic mass is 9.95. The number of hydrogen-bond acceptors (Lipinski definition) is 6. The first kappa shape index (κ1) is 23.9. The molecule has 0 saturated heterocycles. The zero-order valence-corrected chi connectivity index (χ0v) is 16.9. The minimum absolute atomic E-state index is 0.265. The molecule has 1 aromatic carbocycles. The van der Waals surface area contributed by atoms with Gasteiger partial charge in [-0.1, -0.05) is 13.2 Å². The van der Waals surface area contributed by atoms with Crippen LogP contribution in [0.2, 0.25) is 0 Å². The molecule has 0 aliphatic carbocycles.